The molecule has 4 nitrogen and oxygen atoms in total. The molecule has 1 unspecified atom stereocenters. The summed E-state index contributed by atoms with van der Waals surface area (Å²) in [5.41, 5.74) is 2.95. The minimum atomic E-state index is 0.0235. The number of urea groups is 1. The van der Waals surface area contributed by atoms with E-state index in [1.165, 1.54) is 11.1 Å². The number of nitrogens with one attached hydrogen (secondary N) is 1. The fourth-order valence-corrected chi connectivity index (χ4v) is 3.81. The first-order valence-corrected chi connectivity index (χ1v) is 8.30. The molecule has 22 heavy (non-hydrogen) atoms. The van der Waals surface area contributed by atoms with E-state index in [1.54, 1.807) is 0 Å². The summed E-state index contributed by atoms with van der Waals surface area (Å²) in [6.45, 7) is 4.62. The Kier molecular flexibility index (Phi) is 4.39. The first-order valence-electron chi connectivity index (χ1n) is 8.30. The fourth-order valence-electron chi connectivity index (χ4n) is 3.81. The van der Waals surface area contributed by atoms with Gasteiger partial charge in [-0.05, 0) is 48.1 Å². The number of aliphatic hydroxyl groups excluding tert-OH is 1. The minimum Gasteiger partial charge on any atom is -0.396 e. The monoisotopic (exact) mass is 302 g/mol. The molecule has 1 aliphatic heterocycles. The number of piperidine rings is 1. The molecule has 120 valence electrons. The highest BCUT2D eigenvalue weighted by Gasteiger charge is 2.33. The number of hydrogen-bond acceptors (Lipinski definition) is 2. The molecular formula is C18H26N2O2. The predicted octanol–water partition coefficient (Wildman–Crippen LogP) is 2.21. The predicted molar refractivity (Wildman–Crippen MR) is 86.7 cm³/mol. The SMILES string of the molecule is CC1(CNC(=O)N2CCCC(CO)C2)Cc2ccccc2C1. The number of likely N-dealkylation sites (tertiary alicyclic amines) is 1. The summed E-state index contributed by atoms with van der Waals surface area (Å²) >= 11 is 0. The Bertz CT molecular complexity index is 519. The lowest BCUT2D eigenvalue weighted by Crippen LogP contribution is -2.48. The normalized spacial score (nSPS) is 23.2. The third-order valence-corrected chi connectivity index (χ3v) is 5.08. The molecule has 2 amide bonds. The van der Waals surface area contributed by atoms with Crippen LogP contribution in [0.25, 0.3) is 0 Å². The molecule has 1 fully saturated rings. The quantitative estimate of drug-likeness (QED) is 0.899. The summed E-state index contributed by atoms with van der Waals surface area (Å²) in [4.78, 5) is 14.2. The van der Waals surface area contributed by atoms with Crippen LogP contribution in [0.4, 0.5) is 4.79 Å². The molecule has 1 aromatic carbocycles. The van der Waals surface area contributed by atoms with Crippen LogP contribution in [0, 0.1) is 11.3 Å². The van der Waals surface area contributed by atoms with Crippen LogP contribution in [0.5, 0.6) is 0 Å². The molecule has 0 aromatic heterocycles. The Hall–Kier alpha value is -1.55. The number of carbonyl (C=O) groups is 1. The van der Waals surface area contributed by atoms with Crippen molar-refractivity contribution in [2.24, 2.45) is 11.3 Å². The van der Waals surface area contributed by atoms with Gasteiger partial charge in [-0.3, -0.25) is 0 Å². The summed E-state index contributed by atoms with van der Waals surface area (Å²) < 4.78 is 0. The number of carbonyl (C=O) groups excluding carboxylic acids is 1. The highest BCUT2D eigenvalue weighted by molar-refractivity contribution is 5.74. The van der Waals surface area contributed by atoms with E-state index in [4.69, 9.17) is 0 Å². The Morgan fingerprint density at radius 3 is 2.68 bits per heavy atom. The Morgan fingerprint density at radius 1 is 1.36 bits per heavy atom. The van der Waals surface area contributed by atoms with E-state index >= 15 is 0 Å². The van der Waals surface area contributed by atoms with Crippen molar-refractivity contribution in [1.82, 2.24) is 10.2 Å². The molecule has 1 aromatic rings. The second-order valence-electron chi connectivity index (χ2n) is 7.23. The Morgan fingerprint density at radius 2 is 2.05 bits per heavy atom. The molecule has 0 saturated carbocycles. The molecule has 0 bridgehead atoms. The summed E-state index contributed by atoms with van der Waals surface area (Å²) in [6.07, 6.45) is 4.07. The maximum absolute atomic E-state index is 12.4. The molecular weight excluding hydrogens is 276 g/mol. The molecule has 2 aliphatic rings. The van der Waals surface area contributed by atoms with Crippen LogP contribution in [0.3, 0.4) is 0 Å². The van der Waals surface area contributed by atoms with Crippen molar-refractivity contribution in [3.8, 4) is 0 Å². The molecule has 3 rings (SSSR count). The van der Waals surface area contributed by atoms with Gasteiger partial charge in [-0.1, -0.05) is 31.2 Å². The number of benzene rings is 1. The van der Waals surface area contributed by atoms with Crippen molar-refractivity contribution in [1.29, 1.82) is 0 Å². The van der Waals surface area contributed by atoms with Gasteiger partial charge in [0.25, 0.3) is 0 Å². The van der Waals surface area contributed by atoms with Gasteiger partial charge in [0, 0.05) is 26.2 Å². The largest absolute Gasteiger partial charge is 0.396 e. The van der Waals surface area contributed by atoms with Gasteiger partial charge >= 0.3 is 6.03 Å². The van der Waals surface area contributed by atoms with Crippen LogP contribution in [0.1, 0.15) is 30.9 Å². The van der Waals surface area contributed by atoms with E-state index in [0.717, 1.165) is 32.2 Å². The van der Waals surface area contributed by atoms with Crippen LogP contribution in [-0.4, -0.2) is 42.3 Å². The third-order valence-electron chi connectivity index (χ3n) is 5.08. The summed E-state index contributed by atoms with van der Waals surface area (Å²) in [6, 6.07) is 8.59. The van der Waals surface area contributed by atoms with E-state index < -0.39 is 0 Å². The topological polar surface area (TPSA) is 52.6 Å². The lowest BCUT2D eigenvalue weighted by Gasteiger charge is -2.33. The summed E-state index contributed by atoms with van der Waals surface area (Å²) in [7, 11) is 0. The van der Waals surface area contributed by atoms with Crippen LogP contribution in [0.15, 0.2) is 24.3 Å². The van der Waals surface area contributed by atoms with Gasteiger partial charge in [0.05, 0.1) is 0 Å². The average Bonchev–Trinajstić information content (AvgIpc) is 2.89. The van der Waals surface area contributed by atoms with Gasteiger partial charge in [0.1, 0.15) is 0 Å². The van der Waals surface area contributed by atoms with Crippen molar-refractivity contribution < 1.29 is 9.90 Å². The average molecular weight is 302 g/mol. The zero-order valence-corrected chi connectivity index (χ0v) is 13.3. The van der Waals surface area contributed by atoms with Crippen LogP contribution >= 0.6 is 0 Å². The molecule has 4 heteroatoms. The molecule has 1 saturated heterocycles. The van der Waals surface area contributed by atoms with Gasteiger partial charge < -0.3 is 15.3 Å². The van der Waals surface area contributed by atoms with Crippen LogP contribution in [0.2, 0.25) is 0 Å². The number of hydrogen-bond donors (Lipinski definition) is 2. The first-order chi connectivity index (χ1) is 10.6. The van der Waals surface area contributed by atoms with Crippen molar-refractivity contribution >= 4 is 6.03 Å². The second-order valence-corrected chi connectivity index (χ2v) is 7.23. The highest BCUT2D eigenvalue weighted by Crippen LogP contribution is 2.36. The Labute approximate surface area is 132 Å². The van der Waals surface area contributed by atoms with Crippen molar-refractivity contribution in [3.05, 3.63) is 35.4 Å². The maximum atomic E-state index is 12.4. The third kappa shape index (κ3) is 3.27. The number of aliphatic hydroxyl groups is 1. The van der Waals surface area contributed by atoms with Gasteiger partial charge in [-0.25, -0.2) is 4.79 Å². The number of rotatable bonds is 3. The minimum absolute atomic E-state index is 0.0235. The van der Waals surface area contributed by atoms with Gasteiger partial charge in [0.15, 0.2) is 0 Å². The van der Waals surface area contributed by atoms with E-state index in [2.05, 4.69) is 36.5 Å². The Balaban J connectivity index is 1.53. The standard InChI is InChI=1S/C18H26N2O2/c1-18(9-15-6-2-3-7-16(15)10-18)13-19-17(22)20-8-4-5-14(11-20)12-21/h2-3,6-7,14,21H,4-5,8-13H2,1H3,(H,19,22). The molecule has 2 N–H and O–H groups in total. The van der Waals surface area contributed by atoms with Crippen LogP contribution < -0.4 is 5.32 Å². The number of amides is 2. The van der Waals surface area contributed by atoms with E-state index in [1.807, 2.05) is 4.90 Å². The van der Waals surface area contributed by atoms with E-state index in [-0.39, 0.29) is 24.0 Å². The van der Waals surface area contributed by atoms with Crippen molar-refractivity contribution in [2.75, 3.05) is 26.2 Å². The van der Waals surface area contributed by atoms with E-state index in [0.29, 0.717) is 13.1 Å². The molecule has 1 atom stereocenters. The molecule has 0 spiro atoms. The first kappa shape index (κ1) is 15.3. The molecule has 1 aliphatic carbocycles. The maximum Gasteiger partial charge on any atom is 0.317 e. The van der Waals surface area contributed by atoms with E-state index in [9.17, 15) is 9.90 Å². The number of fused-ring (bicyclic) bond motifs is 1. The number of nitrogens with zero attached hydrogens (tertiary/aromatic N) is 1. The smallest absolute Gasteiger partial charge is 0.317 e. The zero-order chi connectivity index (χ0) is 15.6. The zero-order valence-electron chi connectivity index (χ0n) is 13.3. The van der Waals surface area contributed by atoms with Gasteiger partial charge in [-0.15, -0.1) is 0 Å². The fraction of sp³-hybridized carbons (Fsp3) is 0.611. The van der Waals surface area contributed by atoms with Crippen molar-refractivity contribution in [2.45, 2.75) is 32.6 Å². The van der Waals surface area contributed by atoms with Crippen LogP contribution in [-0.2, 0) is 12.8 Å². The lowest BCUT2D eigenvalue weighted by molar-refractivity contribution is 0.127. The van der Waals surface area contributed by atoms with Gasteiger partial charge in [-0.2, -0.15) is 0 Å². The van der Waals surface area contributed by atoms with Crippen molar-refractivity contribution in [3.63, 3.8) is 0 Å². The summed E-state index contributed by atoms with van der Waals surface area (Å²) in [5, 5.41) is 12.4. The molecule has 1 heterocycles. The second kappa shape index (κ2) is 6.29. The van der Waals surface area contributed by atoms with Gasteiger partial charge in [0.2, 0.25) is 0 Å². The summed E-state index contributed by atoms with van der Waals surface area (Å²) in [5.74, 6) is 0.242. The molecule has 0 radical (unpaired) electrons. The highest BCUT2D eigenvalue weighted by atomic mass is 16.3. The lowest BCUT2D eigenvalue weighted by atomic mass is 9.87.